The molecule has 0 bridgehead atoms. The molecular formula is C10H19N3O3S. The topological polar surface area (TPSA) is 83.7 Å². The van der Waals surface area contributed by atoms with Gasteiger partial charge in [-0.2, -0.15) is 4.31 Å². The summed E-state index contributed by atoms with van der Waals surface area (Å²) in [6.45, 7) is 1.83. The van der Waals surface area contributed by atoms with Crippen molar-refractivity contribution >= 4 is 16.1 Å². The standard InChI is InChI=1S/C10H19N3O3S/c11-10(14)12-5-1-3-9(4-7-12)13-6-2-8-17(13,15)16/h9H,1-8H2,(H2,11,14). The number of rotatable bonds is 1. The van der Waals surface area contributed by atoms with Crippen LogP contribution < -0.4 is 5.73 Å². The number of likely N-dealkylation sites (tertiary alicyclic amines) is 1. The van der Waals surface area contributed by atoms with E-state index < -0.39 is 16.1 Å². The molecule has 7 heteroatoms. The van der Waals surface area contributed by atoms with Gasteiger partial charge in [0.15, 0.2) is 0 Å². The van der Waals surface area contributed by atoms with Crippen molar-refractivity contribution in [1.29, 1.82) is 0 Å². The highest BCUT2D eigenvalue weighted by Gasteiger charge is 2.35. The van der Waals surface area contributed by atoms with E-state index in [1.165, 1.54) is 0 Å². The lowest BCUT2D eigenvalue weighted by Crippen LogP contribution is -2.39. The van der Waals surface area contributed by atoms with Crippen LogP contribution in [-0.2, 0) is 10.0 Å². The molecule has 0 aromatic carbocycles. The summed E-state index contributed by atoms with van der Waals surface area (Å²) in [5, 5.41) is 0. The molecule has 2 saturated heterocycles. The number of hydrogen-bond donors (Lipinski definition) is 1. The molecule has 2 amide bonds. The number of sulfonamides is 1. The normalized spacial score (nSPS) is 30.1. The Morgan fingerprint density at radius 2 is 1.88 bits per heavy atom. The fourth-order valence-corrected chi connectivity index (χ4v) is 4.46. The van der Waals surface area contributed by atoms with Crippen molar-refractivity contribution in [1.82, 2.24) is 9.21 Å². The molecule has 2 aliphatic heterocycles. The molecule has 2 N–H and O–H groups in total. The van der Waals surface area contributed by atoms with Crippen LogP contribution in [0.3, 0.4) is 0 Å². The lowest BCUT2D eigenvalue weighted by molar-refractivity contribution is 0.208. The lowest BCUT2D eigenvalue weighted by Gasteiger charge is -2.25. The zero-order valence-corrected chi connectivity index (χ0v) is 10.7. The number of primary amides is 1. The number of carbonyl (C=O) groups excluding carboxylic acids is 1. The van der Waals surface area contributed by atoms with E-state index in [1.54, 1.807) is 9.21 Å². The highest BCUT2D eigenvalue weighted by molar-refractivity contribution is 7.89. The second-order valence-electron chi connectivity index (χ2n) is 4.69. The summed E-state index contributed by atoms with van der Waals surface area (Å²) in [5.41, 5.74) is 5.24. The van der Waals surface area contributed by atoms with Crippen LogP contribution in [0.15, 0.2) is 0 Å². The molecule has 17 heavy (non-hydrogen) atoms. The molecule has 2 fully saturated rings. The fraction of sp³-hybridized carbons (Fsp3) is 0.900. The molecule has 2 rings (SSSR count). The molecule has 2 heterocycles. The van der Waals surface area contributed by atoms with Crippen LogP contribution in [0.5, 0.6) is 0 Å². The molecule has 0 saturated carbocycles. The van der Waals surface area contributed by atoms with Crippen LogP contribution in [0.4, 0.5) is 4.79 Å². The van der Waals surface area contributed by atoms with Crippen LogP contribution in [0.1, 0.15) is 25.7 Å². The Labute approximate surface area is 102 Å². The maximum Gasteiger partial charge on any atom is 0.314 e. The maximum atomic E-state index is 11.8. The Morgan fingerprint density at radius 3 is 2.47 bits per heavy atom. The van der Waals surface area contributed by atoms with Gasteiger partial charge in [-0.25, -0.2) is 13.2 Å². The summed E-state index contributed by atoms with van der Waals surface area (Å²) in [7, 11) is -3.04. The van der Waals surface area contributed by atoms with Crippen molar-refractivity contribution in [3.63, 3.8) is 0 Å². The Morgan fingerprint density at radius 1 is 1.12 bits per heavy atom. The third-order valence-corrected chi connectivity index (χ3v) is 5.55. The van der Waals surface area contributed by atoms with Crippen LogP contribution in [0, 0.1) is 0 Å². The Hall–Kier alpha value is -0.820. The van der Waals surface area contributed by atoms with E-state index in [2.05, 4.69) is 0 Å². The van der Waals surface area contributed by atoms with Gasteiger partial charge in [0.2, 0.25) is 10.0 Å². The van der Waals surface area contributed by atoms with E-state index >= 15 is 0 Å². The van der Waals surface area contributed by atoms with Gasteiger partial charge in [0, 0.05) is 25.7 Å². The van der Waals surface area contributed by atoms with E-state index in [4.69, 9.17) is 5.73 Å². The van der Waals surface area contributed by atoms with Crippen LogP contribution >= 0.6 is 0 Å². The van der Waals surface area contributed by atoms with Crippen molar-refractivity contribution in [3.05, 3.63) is 0 Å². The van der Waals surface area contributed by atoms with Crippen molar-refractivity contribution in [2.75, 3.05) is 25.4 Å². The van der Waals surface area contributed by atoms with E-state index in [-0.39, 0.29) is 11.8 Å². The Kier molecular flexibility index (Phi) is 3.58. The van der Waals surface area contributed by atoms with Crippen LogP contribution in [0.25, 0.3) is 0 Å². The van der Waals surface area contributed by atoms with Gasteiger partial charge < -0.3 is 10.6 Å². The van der Waals surface area contributed by atoms with Crippen molar-refractivity contribution in [3.8, 4) is 0 Å². The summed E-state index contributed by atoms with van der Waals surface area (Å²) in [5.74, 6) is 0.267. The number of hydrogen-bond acceptors (Lipinski definition) is 3. The number of amides is 2. The van der Waals surface area contributed by atoms with Crippen molar-refractivity contribution in [2.45, 2.75) is 31.7 Å². The first-order chi connectivity index (χ1) is 8.00. The minimum Gasteiger partial charge on any atom is -0.351 e. The van der Waals surface area contributed by atoms with Gasteiger partial charge >= 0.3 is 6.03 Å². The van der Waals surface area contributed by atoms with Gasteiger partial charge in [-0.1, -0.05) is 0 Å². The molecule has 0 radical (unpaired) electrons. The monoisotopic (exact) mass is 261 g/mol. The fourth-order valence-electron chi connectivity index (χ4n) is 2.66. The molecule has 2 aliphatic rings. The van der Waals surface area contributed by atoms with Gasteiger partial charge in [-0.15, -0.1) is 0 Å². The van der Waals surface area contributed by atoms with E-state index in [0.29, 0.717) is 26.1 Å². The SMILES string of the molecule is NC(=O)N1CCCC(N2CCCS2(=O)=O)CC1. The molecule has 0 aromatic heterocycles. The predicted molar refractivity (Wildman–Crippen MR) is 63.9 cm³/mol. The van der Waals surface area contributed by atoms with E-state index in [0.717, 1.165) is 19.3 Å². The largest absolute Gasteiger partial charge is 0.351 e. The third kappa shape index (κ3) is 2.71. The first kappa shape index (κ1) is 12.6. The molecule has 6 nitrogen and oxygen atoms in total. The summed E-state index contributed by atoms with van der Waals surface area (Å²) in [6.07, 6.45) is 3.06. The third-order valence-electron chi connectivity index (χ3n) is 3.55. The van der Waals surface area contributed by atoms with Gasteiger partial charge in [0.05, 0.1) is 5.75 Å². The van der Waals surface area contributed by atoms with Crippen molar-refractivity contribution < 1.29 is 13.2 Å². The zero-order valence-electron chi connectivity index (χ0n) is 9.84. The quantitative estimate of drug-likeness (QED) is 0.718. The second kappa shape index (κ2) is 4.81. The molecular weight excluding hydrogens is 242 g/mol. The maximum absolute atomic E-state index is 11.8. The first-order valence-electron chi connectivity index (χ1n) is 6.04. The highest BCUT2D eigenvalue weighted by atomic mass is 32.2. The van der Waals surface area contributed by atoms with Gasteiger partial charge in [0.1, 0.15) is 0 Å². The summed E-state index contributed by atoms with van der Waals surface area (Å²) >= 11 is 0. The number of nitrogens with zero attached hydrogens (tertiary/aromatic N) is 2. The molecule has 98 valence electrons. The van der Waals surface area contributed by atoms with Crippen molar-refractivity contribution in [2.24, 2.45) is 5.73 Å². The summed E-state index contributed by atoms with van der Waals surface area (Å²) < 4.78 is 25.2. The molecule has 0 spiro atoms. The summed E-state index contributed by atoms with van der Waals surface area (Å²) in [4.78, 5) is 12.7. The van der Waals surface area contributed by atoms with Gasteiger partial charge in [-0.3, -0.25) is 0 Å². The molecule has 1 unspecified atom stereocenters. The Balaban J connectivity index is 2.02. The minimum atomic E-state index is -3.04. The Bertz CT molecular complexity index is 396. The lowest BCUT2D eigenvalue weighted by atomic mass is 10.1. The number of urea groups is 1. The van der Waals surface area contributed by atoms with Crippen LogP contribution in [-0.4, -0.2) is 55.1 Å². The molecule has 1 atom stereocenters. The average molecular weight is 261 g/mol. The van der Waals surface area contributed by atoms with E-state index in [1.807, 2.05) is 0 Å². The predicted octanol–water partition coefficient (Wildman–Crippen LogP) is -0.0449. The van der Waals surface area contributed by atoms with Crippen LogP contribution in [0.2, 0.25) is 0 Å². The van der Waals surface area contributed by atoms with Gasteiger partial charge in [0.25, 0.3) is 0 Å². The van der Waals surface area contributed by atoms with E-state index in [9.17, 15) is 13.2 Å². The second-order valence-corrected chi connectivity index (χ2v) is 6.73. The smallest absolute Gasteiger partial charge is 0.314 e. The molecule has 0 aliphatic carbocycles. The zero-order chi connectivity index (χ0) is 12.5. The first-order valence-corrected chi connectivity index (χ1v) is 7.65. The van der Waals surface area contributed by atoms with Gasteiger partial charge in [-0.05, 0) is 25.7 Å². The summed E-state index contributed by atoms with van der Waals surface area (Å²) in [6, 6.07) is -0.359. The highest BCUT2D eigenvalue weighted by Crippen LogP contribution is 2.24. The number of nitrogens with two attached hydrogens (primary N) is 1. The number of carbonyl (C=O) groups is 1. The minimum absolute atomic E-state index is 0.0480. The molecule has 0 aromatic rings. The average Bonchev–Trinajstić information content (AvgIpc) is 2.51.